The van der Waals surface area contributed by atoms with Gasteiger partial charge in [-0.1, -0.05) is 31.5 Å². The number of hydrogen-bond donors (Lipinski definition) is 1. The van der Waals surface area contributed by atoms with Crippen molar-refractivity contribution in [2.75, 3.05) is 46.9 Å². The second-order valence-electron chi connectivity index (χ2n) is 9.07. The first kappa shape index (κ1) is 25.8. The molecule has 2 aliphatic rings. The van der Waals surface area contributed by atoms with Crippen molar-refractivity contribution in [2.45, 2.75) is 44.7 Å². The fraction of sp³-hybridized carbons (Fsp3) is 0.600. The molecule has 0 aliphatic carbocycles. The SMILES string of the molecule is CN=C(NCC(c1ccccc1OC)N1CCCCC1)N1CCC(C)C(n2ccnc2)C1.I. The van der Waals surface area contributed by atoms with E-state index in [0.29, 0.717) is 12.0 Å². The lowest BCUT2D eigenvalue weighted by Crippen LogP contribution is -2.50. The molecule has 33 heavy (non-hydrogen) atoms. The maximum Gasteiger partial charge on any atom is 0.193 e. The van der Waals surface area contributed by atoms with Crippen LogP contribution in [0.5, 0.6) is 5.75 Å². The Labute approximate surface area is 215 Å². The van der Waals surface area contributed by atoms with Crippen molar-refractivity contribution < 1.29 is 4.74 Å². The zero-order chi connectivity index (χ0) is 22.3. The van der Waals surface area contributed by atoms with Crippen LogP contribution < -0.4 is 10.1 Å². The molecule has 1 aromatic heterocycles. The van der Waals surface area contributed by atoms with Gasteiger partial charge in [-0.3, -0.25) is 9.89 Å². The van der Waals surface area contributed by atoms with Gasteiger partial charge in [0.05, 0.1) is 25.5 Å². The summed E-state index contributed by atoms with van der Waals surface area (Å²) in [4.78, 5) is 13.9. The smallest absolute Gasteiger partial charge is 0.193 e. The van der Waals surface area contributed by atoms with E-state index in [1.807, 2.05) is 25.6 Å². The number of para-hydroxylation sites is 1. The predicted octanol–water partition coefficient (Wildman–Crippen LogP) is 4.20. The van der Waals surface area contributed by atoms with Gasteiger partial charge in [0.15, 0.2) is 5.96 Å². The summed E-state index contributed by atoms with van der Waals surface area (Å²) < 4.78 is 7.98. The monoisotopic (exact) mass is 566 g/mol. The van der Waals surface area contributed by atoms with Crippen molar-refractivity contribution in [3.05, 3.63) is 48.5 Å². The van der Waals surface area contributed by atoms with Crippen LogP contribution in [0.15, 0.2) is 48.0 Å². The van der Waals surface area contributed by atoms with Gasteiger partial charge in [0.1, 0.15) is 5.75 Å². The van der Waals surface area contributed by atoms with Gasteiger partial charge in [-0.2, -0.15) is 0 Å². The predicted molar refractivity (Wildman–Crippen MR) is 145 cm³/mol. The van der Waals surface area contributed by atoms with Crippen LogP contribution in [-0.2, 0) is 0 Å². The van der Waals surface area contributed by atoms with Gasteiger partial charge in [0.2, 0.25) is 0 Å². The van der Waals surface area contributed by atoms with Gasteiger partial charge in [-0.15, -0.1) is 24.0 Å². The van der Waals surface area contributed by atoms with E-state index in [2.05, 4.69) is 61.0 Å². The summed E-state index contributed by atoms with van der Waals surface area (Å²) in [5, 5.41) is 3.72. The lowest BCUT2D eigenvalue weighted by Gasteiger charge is -2.40. The Morgan fingerprint density at radius 1 is 1.21 bits per heavy atom. The maximum absolute atomic E-state index is 5.73. The number of rotatable bonds is 6. The van der Waals surface area contributed by atoms with E-state index in [1.54, 1.807) is 7.11 Å². The largest absolute Gasteiger partial charge is 0.496 e. The highest BCUT2D eigenvalue weighted by molar-refractivity contribution is 14.0. The maximum atomic E-state index is 5.73. The van der Waals surface area contributed by atoms with Gasteiger partial charge in [0, 0.05) is 44.6 Å². The van der Waals surface area contributed by atoms with Crippen molar-refractivity contribution >= 4 is 29.9 Å². The highest BCUT2D eigenvalue weighted by Crippen LogP contribution is 2.31. The number of nitrogens with zero attached hydrogens (tertiary/aromatic N) is 5. The number of aliphatic imine (C=N–C) groups is 1. The average molecular weight is 567 g/mol. The Morgan fingerprint density at radius 3 is 2.70 bits per heavy atom. The van der Waals surface area contributed by atoms with Crippen molar-refractivity contribution in [3.63, 3.8) is 0 Å². The Hall–Kier alpha value is -1.81. The molecule has 0 spiro atoms. The molecule has 182 valence electrons. The van der Waals surface area contributed by atoms with Gasteiger partial charge in [-0.25, -0.2) is 4.98 Å². The Morgan fingerprint density at radius 2 is 2.00 bits per heavy atom. The molecule has 1 aromatic carbocycles. The summed E-state index contributed by atoms with van der Waals surface area (Å²) in [6, 6.07) is 9.12. The average Bonchev–Trinajstić information content (AvgIpc) is 3.38. The molecule has 3 heterocycles. The van der Waals surface area contributed by atoms with Crippen LogP contribution in [0.3, 0.4) is 0 Å². The summed E-state index contributed by atoms with van der Waals surface area (Å²) in [5.74, 6) is 2.57. The third kappa shape index (κ3) is 6.20. The van der Waals surface area contributed by atoms with E-state index >= 15 is 0 Å². The first-order valence-corrected chi connectivity index (χ1v) is 12.0. The van der Waals surface area contributed by atoms with Crippen LogP contribution >= 0.6 is 24.0 Å². The number of nitrogens with one attached hydrogen (secondary N) is 1. The minimum atomic E-state index is 0. The number of aromatic nitrogens is 2. The quantitative estimate of drug-likeness (QED) is 0.323. The van der Waals surface area contributed by atoms with Crippen LogP contribution in [0.1, 0.15) is 50.3 Å². The van der Waals surface area contributed by atoms with E-state index in [9.17, 15) is 0 Å². The number of likely N-dealkylation sites (tertiary alicyclic amines) is 2. The summed E-state index contributed by atoms with van der Waals surface area (Å²) >= 11 is 0. The number of hydrogen-bond acceptors (Lipinski definition) is 4. The molecule has 8 heteroatoms. The third-order valence-electron chi connectivity index (χ3n) is 7.12. The number of methoxy groups -OCH3 is 1. The van der Waals surface area contributed by atoms with E-state index in [4.69, 9.17) is 4.74 Å². The summed E-state index contributed by atoms with van der Waals surface area (Å²) in [6.45, 7) is 7.39. The van der Waals surface area contributed by atoms with Crippen LogP contribution in [-0.4, -0.2) is 72.2 Å². The Balaban J connectivity index is 0.00000306. The van der Waals surface area contributed by atoms with Crippen molar-refractivity contribution in [1.82, 2.24) is 24.7 Å². The van der Waals surface area contributed by atoms with Gasteiger partial charge in [-0.05, 0) is 44.3 Å². The second kappa shape index (κ2) is 12.6. The second-order valence-corrected chi connectivity index (χ2v) is 9.07. The number of halogens is 1. The molecule has 0 bridgehead atoms. The highest BCUT2D eigenvalue weighted by atomic mass is 127. The van der Waals surface area contributed by atoms with Gasteiger partial charge >= 0.3 is 0 Å². The van der Waals surface area contributed by atoms with Crippen molar-refractivity contribution in [2.24, 2.45) is 10.9 Å². The minimum absolute atomic E-state index is 0. The number of piperidine rings is 2. The van der Waals surface area contributed by atoms with E-state index in [1.165, 1.54) is 24.8 Å². The van der Waals surface area contributed by atoms with Crippen molar-refractivity contribution in [1.29, 1.82) is 0 Å². The molecule has 1 N–H and O–H groups in total. The number of benzene rings is 1. The number of imidazole rings is 1. The molecule has 0 radical (unpaired) electrons. The zero-order valence-electron chi connectivity index (χ0n) is 20.2. The molecule has 0 saturated carbocycles. The molecule has 2 aromatic rings. The lowest BCUT2D eigenvalue weighted by molar-refractivity contribution is 0.157. The normalized spacial score (nSPS) is 23.0. The molecule has 3 atom stereocenters. The molecule has 7 nitrogen and oxygen atoms in total. The standard InChI is InChI=1S/C25H38N6O.HI/c1-20-11-15-30(18-23(20)31-16-12-27-19-31)25(26-2)28-17-22(29-13-7-4-8-14-29)21-9-5-6-10-24(21)32-3;/h5-6,9-10,12,16,19-20,22-23H,4,7-8,11,13-15,17-18H2,1-3H3,(H,26,28);1H. The Kier molecular flexibility index (Phi) is 9.85. The summed E-state index contributed by atoms with van der Waals surface area (Å²) in [7, 11) is 3.66. The fourth-order valence-electron chi connectivity index (χ4n) is 5.22. The first-order chi connectivity index (χ1) is 15.7. The molecule has 4 rings (SSSR count). The summed E-state index contributed by atoms with van der Waals surface area (Å²) in [5.41, 5.74) is 1.25. The van der Waals surface area contributed by atoms with E-state index in [-0.39, 0.29) is 30.0 Å². The molecule has 2 aliphatic heterocycles. The third-order valence-corrected chi connectivity index (χ3v) is 7.12. The van der Waals surface area contributed by atoms with Crippen LogP contribution in [0.2, 0.25) is 0 Å². The van der Waals surface area contributed by atoms with Crippen LogP contribution in [0.4, 0.5) is 0 Å². The van der Waals surface area contributed by atoms with Gasteiger partial charge in [0.25, 0.3) is 0 Å². The molecule has 3 unspecified atom stereocenters. The van der Waals surface area contributed by atoms with Crippen LogP contribution in [0.25, 0.3) is 0 Å². The van der Waals surface area contributed by atoms with Crippen LogP contribution in [0, 0.1) is 5.92 Å². The molecule has 2 fully saturated rings. The fourth-order valence-corrected chi connectivity index (χ4v) is 5.22. The highest BCUT2D eigenvalue weighted by Gasteiger charge is 2.30. The minimum Gasteiger partial charge on any atom is -0.496 e. The number of ether oxygens (including phenoxy) is 1. The van der Waals surface area contributed by atoms with Gasteiger partial charge < -0.3 is 19.5 Å². The lowest BCUT2D eigenvalue weighted by atomic mass is 9.93. The Bertz CT molecular complexity index is 868. The molecular formula is C25H39IN6O. The van der Waals surface area contributed by atoms with E-state index in [0.717, 1.165) is 50.9 Å². The molecular weight excluding hydrogens is 527 g/mol. The molecule has 2 saturated heterocycles. The summed E-state index contributed by atoms with van der Waals surface area (Å²) in [6.07, 6.45) is 10.9. The first-order valence-electron chi connectivity index (χ1n) is 12.0. The van der Waals surface area contributed by atoms with Crippen molar-refractivity contribution in [3.8, 4) is 5.75 Å². The zero-order valence-corrected chi connectivity index (χ0v) is 22.5. The topological polar surface area (TPSA) is 57.9 Å². The molecule has 0 amide bonds. The number of guanidine groups is 1. The van der Waals surface area contributed by atoms with E-state index < -0.39 is 0 Å².